The molecule has 0 N–H and O–H groups in total. The van der Waals surface area contributed by atoms with Crippen molar-refractivity contribution in [3.63, 3.8) is 0 Å². The predicted octanol–water partition coefficient (Wildman–Crippen LogP) is 3.15. The molecule has 3 aromatic rings. The Morgan fingerprint density at radius 2 is 2.09 bits per heavy atom. The number of rotatable bonds is 4. The molecule has 4 heterocycles. The zero-order valence-electron chi connectivity index (χ0n) is 19.5. The highest BCUT2D eigenvalue weighted by molar-refractivity contribution is 5.95. The van der Waals surface area contributed by atoms with E-state index < -0.39 is 6.43 Å². The third-order valence-electron chi connectivity index (χ3n) is 7.00. The van der Waals surface area contributed by atoms with E-state index in [1.807, 2.05) is 25.1 Å². The highest BCUT2D eigenvalue weighted by Gasteiger charge is 2.37. The average molecular weight is 482 g/mol. The first-order valence-electron chi connectivity index (χ1n) is 11.5. The summed E-state index contributed by atoms with van der Waals surface area (Å²) in [5, 5.41) is 18.1. The van der Waals surface area contributed by atoms with Gasteiger partial charge < -0.3 is 19.1 Å². The minimum atomic E-state index is -2.69. The zero-order valence-corrected chi connectivity index (χ0v) is 19.5. The van der Waals surface area contributed by atoms with Crippen molar-refractivity contribution in [2.75, 3.05) is 31.6 Å². The SMILES string of the molecule is COc1ccc2c(N3CC[C@H](C(=O)N4CCn5c(nnc5C(F)F)C4)[C@H](C)C3)c(C#N)cnc2c1. The molecule has 0 radical (unpaired) electrons. The van der Waals surface area contributed by atoms with Gasteiger partial charge >= 0.3 is 0 Å². The van der Waals surface area contributed by atoms with Gasteiger partial charge in [-0.1, -0.05) is 6.92 Å². The summed E-state index contributed by atoms with van der Waals surface area (Å²) in [6.07, 6.45) is -0.487. The van der Waals surface area contributed by atoms with Crippen LogP contribution in [-0.2, 0) is 17.9 Å². The van der Waals surface area contributed by atoms with Crippen molar-refractivity contribution in [2.24, 2.45) is 11.8 Å². The van der Waals surface area contributed by atoms with E-state index in [1.54, 1.807) is 18.2 Å². The number of benzene rings is 1. The van der Waals surface area contributed by atoms with E-state index >= 15 is 0 Å². The van der Waals surface area contributed by atoms with Gasteiger partial charge in [-0.15, -0.1) is 10.2 Å². The molecule has 2 atom stereocenters. The molecule has 1 fully saturated rings. The molecule has 11 heteroatoms. The van der Waals surface area contributed by atoms with E-state index in [1.165, 1.54) is 4.57 Å². The minimum Gasteiger partial charge on any atom is -0.497 e. The highest BCUT2D eigenvalue weighted by Crippen LogP contribution is 2.36. The summed E-state index contributed by atoms with van der Waals surface area (Å²) >= 11 is 0. The second-order valence-corrected chi connectivity index (χ2v) is 9.02. The van der Waals surface area contributed by atoms with Crippen molar-refractivity contribution in [2.45, 2.75) is 32.9 Å². The van der Waals surface area contributed by atoms with Crippen LogP contribution in [0.15, 0.2) is 24.4 Å². The van der Waals surface area contributed by atoms with Crippen LogP contribution in [0.4, 0.5) is 14.5 Å². The second-order valence-electron chi connectivity index (χ2n) is 9.02. The van der Waals surface area contributed by atoms with E-state index in [0.717, 1.165) is 16.6 Å². The van der Waals surface area contributed by atoms with Crippen molar-refractivity contribution < 1.29 is 18.3 Å². The molecule has 35 heavy (non-hydrogen) atoms. The highest BCUT2D eigenvalue weighted by atomic mass is 19.3. The van der Waals surface area contributed by atoms with E-state index in [2.05, 4.69) is 26.2 Å². The predicted molar refractivity (Wildman–Crippen MR) is 123 cm³/mol. The van der Waals surface area contributed by atoms with E-state index in [4.69, 9.17) is 4.74 Å². The molecule has 0 saturated carbocycles. The summed E-state index contributed by atoms with van der Waals surface area (Å²) in [4.78, 5) is 21.7. The van der Waals surface area contributed by atoms with Crippen LogP contribution in [0.2, 0.25) is 0 Å². The molecule has 1 amide bonds. The number of hydrogen-bond donors (Lipinski definition) is 0. The van der Waals surface area contributed by atoms with Crippen molar-refractivity contribution in [1.29, 1.82) is 5.26 Å². The lowest BCUT2D eigenvalue weighted by Crippen LogP contribution is -2.49. The third-order valence-corrected chi connectivity index (χ3v) is 7.00. The molecule has 0 bridgehead atoms. The molecular weight excluding hydrogens is 456 g/mol. The molecule has 1 saturated heterocycles. The number of ether oxygens (including phenoxy) is 1. The lowest BCUT2D eigenvalue weighted by Gasteiger charge is -2.40. The average Bonchev–Trinajstić information content (AvgIpc) is 3.31. The van der Waals surface area contributed by atoms with Gasteiger partial charge in [0.05, 0.1) is 30.4 Å². The number of fused-ring (bicyclic) bond motifs is 2. The van der Waals surface area contributed by atoms with Gasteiger partial charge in [0.15, 0.2) is 11.6 Å². The topological polar surface area (TPSA) is 100 Å². The van der Waals surface area contributed by atoms with Crippen molar-refractivity contribution in [3.8, 4) is 11.8 Å². The van der Waals surface area contributed by atoms with Crippen LogP contribution >= 0.6 is 0 Å². The standard InChI is InChI=1S/C24H25F2N7O2/c1-14-12-31(21-15(10-27)11-28-19-9-16(35-2)3-4-18(19)21)6-5-17(14)24(34)32-7-8-33-20(13-32)29-30-23(33)22(25)26/h3-4,9,11,14,17,22H,5-8,12-13H2,1-2H3/t14-,17+/m1/s1. The lowest BCUT2D eigenvalue weighted by atomic mass is 9.85. The fourth-order valence-corrected chi connectivity index (χ4v) is 5.19. The number of pyridine rings is 1. The number of alkyl halides is 2. The molecule has 0 spiro atoms. The van der Waals surface area contributed by atoms with Gasteiger partial charge in [0.2, 0.25) is 5.91 Å². The summed E-state index contributed by atoms with van der Waals surface area (Å²) in [6, 6.07) is 7.86. The third kappa shape index (κ3) is 4.03. The Balaban J connectivity index is 1.34. The van der Waals surface area contributed by atoms with Crippen molar-refractivity contribution in [1.82, 2.24) is 24.6 Å². The molecule has 5 rings (SSSR count). The van der Waals surface area contributed by atoms with Crippen LogP contribution in [0.25, 0.3) is 10.9 Å². The summed E-state index contributed by atoms with van der Waals surface area (Å²) < 4.78 is 32.9. The maximum atomic E-state index is 13.4. The fraction of sp³-hybridized carbons (Fsp3) is 0.458. The van der Waals surface area contributed by atoms with Crippen LogP contribution in [0, 0.1) is 23.2 Å². The lowest BCUT2D eigenvalue weighted by molar-refractivity contribution is -0.139. The molecule has 2 aliphatic rings. The Kier molecular flexibility index (Phi) is 5.96. The Bertz CT molecular complexity index is 1320. The van der Waals surface area contributed by atoms with Crippen molar-refractivity contribution >= 4 is 22.5 Å². The van der Waals surface area contributed by atoms with Gasteiger partial charge in [-0.25, -0.2) is 8.78 Å². The maximum absolute atomic E-state index is 13.4. The largest absolute Gasteiger partial charge is 0.497 e. The number of piperidine rings is 1. The number of aromatic nitrogens is 4. The normalized spacial score (nSPS) is 20.1. The number of amides is 1. The first-order chi connectivity index (χ1) is 16.9. The van der Waals surface area contributed by atoms with Gasteiger partial charge in [-0.05, 0) is 24.5 Å². The Morgan fingerprint density at radius 3 is 2.80 bits per heavy atom. The molecule has 1 aromatic carbocycles. The summed E-state index contributed by atoms with van der Waals surface area (Å²) in [5.41, 5.74) is 2.05. The van der Waals surface area contributed by atoms with Crippen LogP contribution < -0.4 is 9.64 Å². The van der Waals surface area contributed by atoms with Crippen molar-refractivity contribution in [3.05, 3.63) is 41.6 Å². The Morgan fingerprint density at radius 1 is 1.26 bits per heavy atom. The molecule has 182 valence electrons. The maximum Gasteiger partial charge on any atom is 0.297 e. The van der Waals surface area contributed by atoms with E-state index in [-0.39, 0.29) is 36.7 Å². The molecular formula is C24H25F2N7O2. The number of halogens is 2. The number of methoxy groups -OCH3 is 1. The molecule has 2 aliphatic heterocycles. The molecule has 0 unspecified atom stereocenters. The summed E-state index contributed by atoms with van der Waals surface area (Å²) in [5.74, 6) is 0.576. The number of carbonyl (C=O) groups is 1. The van der Waals surface area contributed by atoms with Crippen LogP contribution in [-0.4, -0.2) is 57.3 Å². The number of carbonyl (C=O) groups excluding carboxylic acids is 1. The zero-order chi connectivity index (χ0) is 24.7. The van der Waals surface area contributed by atoms with Gasteiger partial charge in [0, 0.05) is 49.7 Å². The fourth-order valence-electron chi connectivity index (χ4n) is 5.19. The van der Waals surface area contributed by atoms with Gasteiger partial charge in [0.1, 0.15) is 11.8 Å². The Labute approximate surface area is 200 Å². The van der Waals surface area contributed by atoms with Gasteiger partial charge in [-0.3, -0.25) is 9.78 Å². The van der Waals surface area contributed by atoms with Crippen LogP contribution in [0.5, 0.6) is 5.75 Å². The van der Waals surface area contributed by atoms with Gasteiger partial charge in [-0.2, -0.15) is 5.26 Å². The molecule has 9 nitrogen and oxygen atoms in total. The molecule has 0 aliphatic carbocycles. The smallest absolute Gasteiger partial charge is 0.297 e. The number of hydrogen-bond acceptors (Lipinski definition) is 7. The van der Waals surface area contributed by atoms with Crippen LogP contribution in [0.1, 0.15) is 37.0 Å². The number of nitriles is 1. The summed E-state index contributed by atoms with van der Waals surface area (Å²) in [7, 11) is 1.60. The minimum absolute atomic E-state index is 0.00910. The quantitative estimate of drug-likeness (QED) is 0.564. The second kappa shape index (κ2) is 9.09. The number of nitrogens with zero attached hydrogens (tertiary/aromatic N) is 7. The van der Waals surface area contributed by atoms with Crippen LogP contribution in [0.3, 0.4) is 0 Å². The first-order valence-corrected chi connectivity index (χ1v) is 11.5. The summed E-state index contributed by atoms with van der Waals surface area (Å²) in [6.45, 7) is 4.05. The first kappa shape index (κ1) is 23.0. The Hall–Kier alpha value is -3.81. The van der Waals surface area contributed by atoms with Gasteiger partial charge in [0.25, 0.3) is 6.43 Å². The van der Waals surface area contributed by atoms with E-state index in [0.29, 0.717) is 43.2 Å². The van der Waals surface area contributed by atoms with E-state index in [9.17, 15) is 18.8 Å². The monoisotopic (exact) mass is 481 g/mol. The molecule has 2 aromatic heterocycles. The number of anilines is 1.